The Morgan fingerprint density at radius 3 is 2.24 bits per heavy atom. The predicted molar refractivity (Wildman–Crippen MR) is 90.6 cm³/mol. The quantitative estimate of drug-likeness (QED) is 0.806. The van der Waals surface area contributed by atoms with Gasteiger partial charge in [-0.05, 0) is 43.0 Å². The molecule has 25 heavy (non-hydrogen) atoms. The summed E-state index contributed by atoms with van der Waals surface area (Å²) in [6.07, 6.45) is 1.34. The average molecular weight is 370 g/mol. The molecule has 0 unspecified atom stereocenters. The van der Waals surface area contributed by atoms with Gasteiger partial charge in [0.2, 0.25) is 10.0 Å². The van der Waals surface area contributed by atoms with Crippen LogP contribution >= 0.6 is 0 Å². The molecule has 1 aromatic rings. The third kappa shape index (κ3) is 4.02. The Hall–Kier alpha value is -1.51. The minimum Gasteiger partial charge on any atom is -0.379 e. The summed E-state index contributed by atoms with van der Waals surface area (Å²) in [5.74, 6) is -0.0854. The molecule has 2 aliphatic heterocycles. The van der Waals surface area contributed by atoms with Gasteiger partial charge in [0.15, 0.2) is 0 Å². The van der Waals surface area contributed by atoms with E-state index in [0.717, 1.165) is 0 Å². The molecule has 8 heteroatoms. The molecule has 3 rings (SSSR count). The van der Waals surface area contributed by atoms with Gasteiger partial charge >= 0.3 is 0 Å². The molecule has 0 aliphatic carbocycles. The maximum atomic E-state index is 12.7. The van der Waals surface area contributed by atoms with Crippen molar-refractivity contribution in [3.63, 3.8) is 0 Å². The van der Waals surface area contributed by atoms with Gasteiger partial charge in [0.1, 0.15) is 0 Å². The van der Waals surface area contributed by atoms with E-state index >= 15 is 0 Å². The summed E-state index contributed by atoms with van der Waals surface area (Å²) < 4.78 is 44.4. The number of amides is 1. The van der Waals surface area contributed by atoms with Gasteiger partial charge in [-0.1, -0.05) is 0 Å². The van der Waals surface area contributed by atoms with Gasteiger partial charge in [-0.2, -0.15) is 4.31 Å². The summed E-state index contributed by atoms with van der Waals surface area (Å²) >= 11 is 0. The maximum Gasteiger partial charge on any atom is 0.253 e. The number of likely N-dealkylation sites (tertiary alicyclic amines) is 1. The lowest BCUT2D eigenvalue weighted by molar-refractivity contribution is 0.0677. The Morgan fingerprint density at radius 1 is 1.08 bits per heavy atom. The lowest BCUT2D eigenvalue weighted by Crippen LogP contribution is -2.40. The second-order valence-corrected chi connectivity index (χ2v) is 8.37. The molecule has 0 radical (unpaired) electrons. The molecule has 6 nitrogen and oxygen atoms in total. The summed E-state index contributed by atoms with van der Waals surface area (Å²) in [5, 5.41) is 0. The van der Waals surface area contributed by atoms with Crippen LogP contribution in [0.3, 0.4) is 0 Å². The van der Waals surface area contributed by atoms with E-state index in [2.05, 4.69) is 0 Å². The highest BCUT2D eigenvalue weighted by Gasteiger charge is 2.27. The van der Waals surface area contributed by atoms with Crippen LogP contribution in [0.15, 0.2) is 29.2 Å². The normalized spacial score (nSPS) is 20.6. The van der Waals surface area contributed by atoms with Crippen LogP contribution in [0.2, 0.25) is 0 Å². The van der Waals surface area contributed by atoms with Crippen molar-refractivity contribution in [1.29, 1.82) is 0 Å². The first-order valence-electron chi connectivity index (χ1n) is 8.55. The predicted octanol–water partition coefficient (Wildman–Crippen LogP) is 1.53. The van der Waals surface area contributed by atoms with Crippen LogP contribution in [0.4, 0.5) is 4.39 Å². The van der Waals surface area contributed by atoms with Crippen LogP contribution in [0.5, 0.6) is 0 Å². The number of halogens is 1. The third-order valence-corrected chi connectivity index (χ3v) is 6.74. The Labute approximate surface area is 147 Å². The zero-order valence-electron chi connectivity index (χ0n) is 14.1. The third-order valence-electron chi connectivity index (χ3n) is 4.83. The molecule has 138 valence electrons. The molecule has 2 saturated heterocycles. The number of morpholine rings is 1. The van der Waals surface area contributed by atoms with Crippen molar-refractivity contribution in [2.45, 2.75) is 17.7 Å². The molecule has 1 aromatic carbocycles. The zero-order valence-corrected chi connectivity index (χ0v) is 14.9. The molecular weight excluding hydrogens is 347 g/mol. The fourth-order valence-corrected chi connectivity index (χ4v) is 4.59. The van der Waals surface area contributed by atoms with Crippen LogP contribution in [-0.2, 0) is 14.8 Å². The summed E-state index contributed by atoms with van der Waals surface area (Å²) in [6.45, 7) is 2.22. The van der Waals surface area contributed by atoms with Gasteiger partial charge in [0, 0.05) is 31.7 Å². The summed E-state index contributed by atoms with van der Waals surface area (Å²) in [7, 11) is -3.55. The average Bonchev–Trinajstić information content (AvgIpc) is 2.68. The number of piperidine rings is 1. The number of sulfonamides is 1. The number of carbonyl (C=O) groups is 1. The van der Waals surface area contributed by atoms with Crippen molar-refractivity contribution in [2.24, 2.45) is 5.92 Å². The highest BCUT2D eigenvalue weighted by molar-refractivity contribution is 7.89. The lowest BCUT2D eigenvalue weighted by atomic mass is 9.98. The van der Waals surface area contributed by atoms with Crippen molar-refractivity contribution < 1.29 is 22.3 Å². The highest BCUT2D eigenvalue weighted by Crippen LogP contribution is 2.21. The largest absolute Gasteiger partial charge is 0.379 e. The number of benzene rings is 1. The van der Waals surface area contributed by atoms with Crippen molar-refractivity contribution in [2.75, 3.05) is 46.1 Å². The number of carbonyl (C=O) groups excluding carboxylic acids is 1. The molecule has 0 atom stereocenters. The number of hydrogen-bond acceptors (Lipinski definition) is 4. The van der Waals surface area contributed by atoms with E-state index in [4.69, 9.17) is 4.74 Å². The molecule has 0 aromatic heterocycles. The van der Waals surface area contributed by atoms with Gasteiger partial charge < -0.3 is 9.64 Å². The molecule has 2 fully saturated rings. The summed E-state index contributed by atoms with van der Waals surface area (Å²) in [5.41, 5.74) is 0.458. The number of rotatable bonds is 4. The van der Waals surface area contributed by atoms with Crippen LogP contribution < -0.4 is 0 Å². The molecule has 2 heterocycles. The van der Waals surface area contributed by atoms with Gasteiger partial charge in [0.05, 0.1) is 24.8 Å². The Balaban J connectivity index is 1.68. The Bertz CT molecular complexity index is 694. The summed E-state index contributed by atoms with van der Waals surface area (Å²) in [4.78, 5) is 14.4. The van der Waals surface area contributed by atoms with Crippen LogP contribution in [0.25, 0.3) is 0 Å². The molecule has 0 spiro atoms. The monoisotopic (exact) mass is 370 g/mol. The highest BCUT2D eigenvalue weighted by atomic mass is 32.2. The Morgan fingerprint density at radius 2 is 1.68 bits per heavy atom. The molecule has 0 N–H and O–H groups in total. The fraction of sp³-hybridized carbons (Fsp3) is 0.588. The molecule has 1 amide bonds. The minimum atomic E-state index is -3.55. The van der Waals surface area contributed by atoms with E-state index in [1.165, 1.54) is 16.4 Å². The van der Waals surface area contributed by atoms with E-state index in [1.807, 2.05) is 0 Å². The first-order chi connectivity index (χ1) is 12.0. The van der Waals surface area contributed by atoms with Crippen molar-refractivity contribution in [1.82, 2.24) is 9.21 Å². The number of ether oxygens (including phenoxy) is 1. The van der Waals surface area contributed by atoms with E-state index < -0.39 is 10.0 Å². The maximum absolute atomic E-state index is 12.7. The fourth-order valence-electron chi connectivity index (χ4n) is 3.18. The zero-order chi connectivity index (χ0) is 17.9. The van der Waals surface area contributed by atoms with E-state index in [-0.39, 0.29) is 23.4 Å². The van der Waals surface area contributed by atoms with Crippen molar-refractivity contribution >= 4 is 15.9 Å². The first kappa shape index (κ1) is 18.3. The van der Waals surface area contributed by atoms with Crippen molar-refractivity contribution in [3.8, 4) is 0 Å². The van der Waals surface area contributed by atoms with Gasteiger partial charge in [-0.3, -0.25) is 9.18 Å². The van der Waals surface area contributed by atoms with E-state index in [0.29, 0.717) is 57.8 Å². The van der Waals surface area contributed by atoms with E-state index in [9.17, 15) is 17.6 Å². The van der Waals surface area contributed by atoms with Crippen LogP contribution in [0, 0.1) is 5.92 Å². The van der Waals surface area contributed by atoms with Gasteiger partial charge in [-0.15, -0.1) is 0 Å². The molecule has 0 saturated carbocycles. The van der Waals surface area contributed by atoms with Crippen molar-refractivity contribution in [3.05, 3.63) is 29.8 Å². The SMILES string of the molecule is O=C(c1ccc(S(=O)(=O)N2CCOCC2)cc1)N1CCC(CF)CC1. The summed E-state index contributed by atoms with van der Waals surface area (Å²) in [6, 6.07) is 6.06. The standard InChI is InChI=1S/C17H23FN2O4S/c18-13-14-5-7-19(8-6-14)17(21)15-1-3-16(4-2-15)25(22,23)20-9-11-24-12-10-20/h1-4,14H,5-13H2. The smallest absolute Gasteiger partial charge is 0.253 e. The molecule has 2 aliphatic rings. The Kier molecular flexibility index (Phi) is 5.71. The molecule has 0 bridgehead atoms. The van der Waals surface area contributed by atoms with E-state index in [1.54, 1.807) is 17.0 Å². The van der Waals surface area contributed by atoms with Gasteiger partial charge in [0.25, 0.3) is 5.91 Å². The van der Waals surface area contributed by atoms with Crippen LogP contribution in [0.1, 0.15) is 23.2 Å². The second-order valence-electron chi connectivity index (χ2n) is 6.43. The number of hydrogen-bond donors (Lipinski definition) is 0. The first-order valence-corrected chi connectivity index (χ1v) is 9.99. The topological polar surface area (TPSA) is 66.9 Å². The van der Waals surface area contributed by atoms with Gasteiger partial charge in [-0.25, -0.2) is 8.42 Å². The number of alkyl halides is 1. The lowest BCUT2D eigenvalue weighted by Gasteiger charge is -2.31. The second kappa shape index (κ2) is 7.80. The van der Waals surface area contributed by atoms with Crippen LogP contribution in [-0.4, -0.2) is 69.6 Å². The molecular formula is C17H23FN2O4S. The number of nitrogens with zero attached hydrogens (tertiary/aromatic N) is 2. The minimum absolute atomic E-state index is 0.0464.